The third-order valence-corrected chi connectivity index (χ3v) is 2.46. The zero-order chi connectivity index (χ0) is 13.5. The Bertz CT molecular complexity index is 395. The largest absolute Gasteiger partial charge is 0.481 e. The first-order valence-corrected chi connectivity index (χ1v) is 5.97. The summed E-state index contributed by atoms with van der Waals surface area (Å²) in [4.78, 5) is 20.7. The van der Waals surface area contributed by atoms with Crippen LogP contribution in [-0.2, 0) is 4.79 Å². The Hall–Kier alpha value is -1.85. The molecule has 100 valence electrons. The number of aromatic nitrogens is 2. The summed E-state index contributed by atoms with van der Waals surface area (Å²) in [5.74, 6) is 0.661. The predicted octanol–water partition coefficient (Wildman–Crippen LogP) is 1.60. The van der Waals surface area contributed by atoms with E-state index in [9.17, 15) is 4.79 Å². The Morgan fingerprint density at radius 3 is 2.89 bits per heavy atom. The van der Waals surface area contributed by atoms with Crippen LogP contribution in [0.3, 0.4) is 0 Å². The van der Waals surface area contributed by atoms with Crippen molar-refractivity contribution in [3.63, 3.8) is 0 Å². The molecule has 18 heavy (non-hydrogen) atoms. The molecule has 0 amide bonds. The number of aliphatic carboxylic acids is 1. The molecule has 1 atom stereocenters. The molecule has 0 aliphatic carbocycles. The first-order chi connectivity index (χ1) is 8.49. The standard InChI is InChI=1S/C12H20N4O2/c1-9(5-4-6-11(17)18)14-10-7-8-13-12(15-10)16(2)3/h7-9H,4-6H2,1-3H3,(H,17,18)(H,13,14,15). The second-order valence-corrected chi connectivity index (χ2v) is 4.47. The maximum Gasteiger partial charge on any atom is 0.303 e. The van der Waals surface area contributed by atoms with Gasteiger partial charge < -0.3 is 15.3 Å². The average molecular weight is 252 g/mol. The quantitative estimate of drug-likeness (QED) is 0.767. The number of nitrogens with zero attached hydrogens (tertiary/aromatic N) is 3. The van der Waals surface area contributed by atoms with Gasteiger partial charge in [0.2, 0.25) is 5.95 Å². The van der Waals surface area contributed by atoms with Gasteiger partial charge in [-0.15, -0.1) is 0 Å². The summed E-state index contributed by atoms with van der Waals surface area (Å²) in [6.45, 7) is 2.01. The topological polar surface area (TPSA) is 78.3 Å². The molecule has 1 rings (SSSR count). The van der Waals surface area contributed by atoms with E-state index in [4.69, 9.17) is 5.11 Å². The number of nitrogens with one attached hydrogen (secondary N) is 1. The minimum absolute atomic E-state index is 0.189. The van der Waals surface area contributed by atoms with E-state index in [2.05, 4.69) is 15.3 Å². The molecule has 1 aromatic rings. The number of carbonyl (C=O) groups is 1. The number of anilines is 2. The summed E-state index contributed by atoms with van der Waals surface area (Å²) in [7, 11) is 3.77. The number of carboxylic acids is 1. The Kier molecular flexibility index (Phi) is 5.35. The lowest BCUT2D eigenvalue weighted by molar-refractivity contribution is -0.137. The number of rotatable bonds is 7. The molecule has 0 aromatic carbocycles. The Morgan fingerprint density at radius 1 is 1.56 bits per heavy atom. The van der Waals surface area contributed by atoms with Crippen LogP contribution in [0.2, 0.25) is 0 Å². The summed E-state index contributed by atoms with van der Waals surface area (Å²) in [5.41, 5.74) is 0. The lowest BCUT2D eigenvalue weighted by atomic mass is 10.1. The molecule has 1 heterocycles. The monoisotopic (exact) mass is 252 g/mol. The van der Waals surface area contributed by atoms with Gasteiger partial charge in [-0.3, -0.25) is 4.79 Å². The van der Waals surface area contributed by atoms with Gasteiger partial charge in [-0.05, 0) is 25.8 Å². The first-order valence-electron chi connectivity index (χ1n) is 5.97. The van der Waals surface area contributed by atoms with Crippen molar-refractivity contribution in [1.29, 1.82) is 0 Å². The lowest BCUT2D eigenvalue weighted by Crippen LogP contribution is -2.18. The van der Waals surface area contributed by atoms with E-state index < -0.39 is 5.97 Å². The summed E-state index contributed by atoms with van der Waals surface area (Å²) in [6.07, 6.45) is 3.37. The zero-order valence-electron chi connectivity index (χ0n) is 11.1. The van der Waals surface area contributed by atoms with Gasteiger partial charge in [-0.1, -0.05) is 0 Å². The van der Waals surface area contributed by atoms with Gasteiger partial charge >= 0.3 is 5.97 Å². The molecular formula is C12H20N4O2. The SMILES string of the molecule is CC(CCCC(=O)O)Nc1ccnc(N(C)C)n1. The molecule has 0 saturated carbocycles. The smallest absolute Gasteiger partial charge is 0.303 e. The Labute approximate surface area is 107 Å². The van der Waals surface area contributed by atoms with Gasteiger partial charge in [0.1, 0.15) is 5.82 Å². The fourth-order valence-corrected chi connectivity index (χ4v) is 1.53. The number of hydrogen-bond donors (Lipinski definition) is 2. The van der Waals surface area contributed by atoms with Crippen molar-refractivity contribution in [2.75, 3.05) is 24.3 Å². The van der Waals surface area contributed by atoms with Crippen LogP contribution in [0.1, 0.15) is 26.2 Å². The maximum atomic E-state index is 10.4. The van der Waals surface area contributed by atoms with Crippen molar-refractivity contribution in [2.24, 2.45) is 0 Å². The van der Waals surface area contributed by atoms with Crippen LogP contribution in [0.5, 0.6) is 0 Å². The van der Waals surface area contributed by atoms with Crippen molar-refractivity contribution in [3.05, 3.63) is 12.3 Å². The fourth-order valence-electron chi connectivity index (χ4n) is 1.53. The van der Waals surface area contributed by atoms with Crippen LogP contribution in [0, 0.1) is 0 Å². The van der Waals surface area contributed by atoms with E-state index in [0.29, 0.717) is 12.4 Å². The average Bonchev–Trinajstić information content (AvgIpc) is 2.28. The summed E-state index contributed by atoms with van der Waals surface area (Å²) < 4.78 is 0. The molecule has 0 saturated heterocycles. The van der Waals surface area contributed by atoms with Crippen LogP contribution in [0.15, 0.2) is 12.3 Å². The highest BCUT2D eigenvalue weighted by atomic mass is 16.4. The van der Waals surface area contributed by atoms with Crippen molar-refractivity contribution in [2.45, 2.75) is 32.2 Å². The van der Waals surface area contributed by atoms with Crippen molar-refractivity contribution in [3.8, 4) is 0 Å². The van der Waals surface area contributed by atoms with Gasteiger partial charge in [0.05, 0.1) is 0 Å². The highest BCUT2D eigenvalue weighted by Gasteiger charge is 2.06. The van der Waals surface area contributed by atoms with E-state index in [1.165, 1.54) is 0 Å². The van der Waals surface area contributed by atoms with E-state index in [0.717, 1.165) is 12.2 Å². The molecule has 0 bridgehead atoms. The summed E-state index contributed by atoms with van der Waals surface area (Å²) in [6, 6.07) is 2.00. The third kappa shape index (κ3) is 4.99. The minimum Gasteiger partial charge on any atom is -0.481 e. The molecule has 6 heteroatoms. The van der Waals surface area contributed by atoms with Gasteiger partial charge in [-0.25, -0.2) is 4.98 Å². The van der Waals surface area contributed by atoms with Crippen molar-refractivity contribution < 1.29 is 9.90 Å². The van der Waals surface area contributed by atoms with Crippen LogP contribution in [0.4, 0.5) is 11.8 Å². The molecule has 1 aromatic heterocycles. The summed E-state index contributed by atoms with van der Waals surface area (Å²) in [5, 5.41) is 11.8. The summed E-state index contributed by atoms with van der Waals surface area (Å²) >= 11 is 0. The molecule has 0 spiro atoms. The van der Waals surface area contributed by atoms with Crippen LogP contribution >= 0.6 is 0 Å². The van der Waals surface area contributed by atoms with E-state index in [1.54, 1.807) is 12.3 Å². The molecule has 1 unspecified atom stereocenters. The van der Waals surface area contributed by atoms with Gasteiger partial charge in [0, 0.05) is 32.8 Å². The van der Waals surface area contributed by atoms with Crippen LogP contribution in [0.25, 0.3) is 0 Å². The van der Waals surface area contributed by atoms with Gasteiger partial charge in [0.25, 0.3) is 0 Å². The first kappa shape index (κ1) is 14.2. The fraction of sp³-hybridized carbons (Fsp3) is 0.583. The second-order valence-electron chi connectivity index (χ2n) is 4.47. The molecule has 6 nitrogen and oxygen atoms in total. The molecule has 0 aliphatic heterocycles. The van der Waals surface area contributed by atoms with E-state index in [1.807, 2.05) is 25.9 Å². The number of carboxylic acid groups (broad SMARTS) is 1. The van der Waals surface area contributed by atoms with Crippen LogP contribution in [-0.4, -0.2) is 41.2 Å². The van der Waals surface area contributed by atoms with Gasteiger partial charge in [0.15, 0.2) is 0 Å². The molecule has 0 radical (unpaired) electrons. The molecular weight excluding hydrogens is 232 g/mol. The maximum absolute atomic E-state index is 10.4. The molecule has 0 fully saturated rings. The molecule has 2 N–H and O–H groups in total. The Morgan fingerprint density at radius 2 is 2.28 bits per heavy atom. The number of hydrogen-bond acceptors (Lipinski definition) is 5. The Balaban J connectivity index is 2.46. The second kappa shape index (κ2) is 6.78. The zero-order valence-corrected chi connectivity index (χ0v) is 11.1. The van der Waals surface area contributed by atoms with E-state index >= 15 is 0 Å². The van der Waals surface area contributed by atoms with Crippen LogP contribution < -0.4 is 10.2 Å². The highest BCUT2D eigenvalue weighted by Crippen LogP contribution is 2.11. The lowest BCUT2D eigenvalue weighted by Gasteiger charge is -2.16. The van der Waals surface area contributed by atoms with Crippen molar-refractivity contribution >= 4 is 17.7 Å². The molecule has 0 aliphatic rings. The van der Waals surface area contributed by atoms with Gasteiger partial charge in [-0.2, -0.15) is 4.98 Å². The van der Waals surface area contributed by atoms with E-state index in [-0.39, 0.29) is 12.5 Å². The minimum atomic E-state index is -0.751. The predicted molar refractivity (Wildman–Crippen MR) is 70.9 cm³/mol. The normalized spacial score (nSPS) is 11.9. The highest BCUT2D eigenvalue weighted by molar-refractivity contribution is 5.66. The third-order valence-electron chi connectivity index (χ3n) is 2.46. The van der Waals surface area contributed by atoms with Crippen molar-refractivity contribution in [1.82, 2.24) is 9.97 Å².